The molecule has 0 saturated carbocycles. The SMILES string of the molecule is Cc1cccc(C)c1NC(=O)C(=O)Nn1c(C(=O)Nc2ccc(Cl)cc2Cl)cc2cc(Cl)ccc21. The van der Waals surface area contributed by atoms with E-state index in [0.717, 1.165) is 11.1 Å². The van der Waals surface area contributed by atoms with Crippen LogP contribution in [0.2, 0.25) is 15.1 Å². The predicted molar refractivity (Wildman–Crippen MR) is 140 cm³/mol. The van der Waals surface area contributed by atoms with Crippen molar-refractivity contribution >= 4 is 74.8 Å². The molecule has 0 saturated heterocycles. The molecule has 3 aromatic carbocycles. The van der Waals surface area contributed by atoms with Gasteiger partial charge in [-0.15, -0.1) is 0 Å². The van der Waals surface area contributed by atoms with Crippen molar-refractivity contribution in [2.75, 3.05) is 16.1 Å². The van der Waals surface area contributed by atoms with Gasteiger partial charge in [-0.2, -0.15) is 0 Å². The number of halogens is 3. The Morgan fingerprint density at radius 1 is 0.771 bits per heavy atom. The molecule has 3 N–H and O–H groups in total. The van der Waals surface area contributed by atoms with Gasteiger partial charge in [0.1, 0.15) is 5.69 Å². The first-order valence-electron chi connectivity index (χ1n) is 10.4. The van der Waals surface area contributed by atoms with Gasteiger partial charge in [0.05, 0.1) is 16.2 Å². The van der Waals surface area contributed by atoms with Crippen molar-refractivity contribution in [1.82, 2.24) is 4.68 Å². The van der Waals surface area contributed by atoms with Crippen LogP contribution in [0.1, 0.15) is 21.6 Å². The highest BCUT2D eigenvalue weighted by Gasteiger charge is 2.22. The Hall–Kier alpha value is -3.52. The van der Waals surface area contributed by atoms with Crippen LogP contribution < -0.4 is 16.1 Å². The lowest BCUT2D eigenvalue weighted by Gasteiger charge is -2.14. The largest absolute Gasteiger partial charge is 0.328 e. The number of nitrogens with zero attached hydrogens (tertiary/aromatic N) is 1. The van der Waals surface area contributed by atoms with E-state index in [1.807, 2.05) is 32.0 Å². The molecule has 0 aliphatic heterocycles. The number of nitrogens with one attached hydrogen (secondary N) is 3. The van der Waals surface area contributed by atoms with Gasteiger partial charge in [-0.3, -0.25) is 19.8 Å². The number of para-hydroxylation sites is 1. The lowest BCUT2D eigenvalue weighted by molar-refractivity contribution is -0.133. The van der Waals surface area contributed by atoms with E-state index in [1.54, 1.807) is 36.4 Å². The Bertz CT molecular complexity index is 1480. The summed E-state index contributed by atoms with van der Waals surface area (Å²) >= 11 is 18.2. The molecule has 0 radical (unpaired) electrons. The molecule has 178 valence electrons. The Kier molecular flexibility index (Phi) is 7.03. The highest BCUT2D eigenvalue weighted by Crippen LogP contribution is 2.28. The normalized spacial score (nSPS) is 10.8. The summed E-state index contributed by atoms with van der Waals surface area (Å²) in [5.74, 6) is -2.42. The maximum atomic E-state index is 13.1. The van der Waals surface area contributed by atoms with Gasteiger partial charge in [0.25, 0.3) is 5.91 Å². The number of carbonyl (C=O) groups is 3. The van der Waals surface area contributed by atoms with E-state index in [4.69, 9.17) is 34.8 Å². The number of carbonyl (C=O) groups excluding carboxylic acids is 3. The molecule has 0 bridgehead atoms. The minimum atomic E-state index is -0.960. The molecule has 7 nitrogen and oxygen atoms in total. The molecular formula is C25H19Cl3N4O3. The molecule has 3 amide bonds. The number of amides is 3. The summed E-state index contributed by atoms with van der Waals surface area (Å²) in [4.78, 5) is 38.7. The van der Waals surface area contributed by atoms with E-state index in [1.165, 1.54) is 10.7 Å². The first-order valence-corrected chi connectivity index (χ1v) is 11.5. The van der Waals surface area contributed by atoms with Crippen LogP contribution in [-0.2, 0) is 9.59 Å². The van der Waals surface area contributed by atoms with Crippen LogP contribution in [0.4, 0.5) is 11.4 Å². The topological polar surface area (TPSA) is 92.2 Å². The van der Waals surface area contributed by atoms with E-state index in [-0.39, 0.29) is 10.7 Å². The van der Waals surface area contributed by atoms with Crippen LogP contribution in [-0.4, -0.2) is 22.4 Å². The third kappa shape index (κ3) is 5.27. The number of hydrogen-bond acceptors (Lipinski definition) is 3. The van der Waals surface area contributed by atoms with Gasteiger partial charge in [0.15, 0.2) is 0 Å². The lowest BCUT2D eigenvalue weighted by atomic mass is 10.1. The van der Waals surface area contributed by atoms with Gasteiger partial charge < -0.3 is 10.6 Å². The molecule has 0 aliphatic carbocycles. The van der Waals surface area contributed by atoms with Gasteiger partial charge in [0, 0.05) is 21.1 Å². The first-order chi connectivity index (χ1) is 16.6. The average molecular weight is 530 g/mol. The van der Waals surface area contributed by atoms with Crippen molar-refractivity contribution in [2.24, 2.45) is 0 Å². The smallest absolute Gasteiger partial charge is 0.319 e. The fourth-order valence-electron chi connectivity index (χ4n) is 3.59. The van der Waals surface area contributed by atoms with Gasteiger partial charge in [0.2, 0.25) is 0 Å². The fourth-order valence-corrected chi connectivity index (χ4v) is 4.22. The highest BCUT2D eigenvalue weighted by molar-refractivity contribution is 6.42. The molecule has 0 spiro atoms. The van der Waals surface area contributed by atoms with Crippen molar-refractivity contribution in [3.05, 3.63) is 92.6 Å². The van der Waals surface area contributed by atoms with Crippen LogP contribution in [0.5, 0.6) is 0 Å². The van der Waals surface area contributed by atoms with Gasteiger partial charge in [-0.05, 0) is 67.4 Å². The number of fused-ring (bicyclic) bond motifs is 1. The number of benzene rings is 3. The molecule has 4 rings (SSSR count). The summed E-state index contributed by atoms with van der Waals surface area (Å²) in [6, 6.07) is 16.6. The summed E-state index contributed by atoms with van der Waals surface area (Å²) in [5.41, 5.74) is 5.54. The third-order valence-corrected chi connectivity index (χ3v) is 6.10. The zero-order valence-electron chi connectivity index (χ0n) is 18.6. The van der Waals surface area contributed by atoms with E-state index in [9.17, 15) is 14.4 Å². The van der Waals surface area contributed by atoms with Crippen LogP contribution in [0, 0.1) is 13.8 Å². The second-order valence-electron chi connectivity index (χ2n) is 7.81. The second-order valence-corrected chi connectivity index (χ2v) is 9.09. The van der Waals surface area contributed by atoms with Crippen LogP contribution in [0.3, 0.4) is 0 Å². The molecule has 0 unspecified atom stereocenters. The van der Waals surface area contributed by atoms with Crippen LogP contribution in [0.25, 0.3) is 10.9 Å². The molecule has 0 aliphatic rings. The van der Waals surface area contributed by atoms with Gasteiger partial charge >= 0.3 is 11.8 Å². The van der Waals surface area contributed by atoms with Gasteiger partial charge in [-0.25, -0.2) is 4.68 Å². The Balaban J connectivity index is 1.65. The molecule has 4 aromatic rings. The highest BCUT2D eigenvalue weighted by atomic mass is 35.5. The van der Waals surface area contributed by atoms with E-state index in [0.29, 0.717) is 32.3 Å². The number of aromatic nitrogens is 1. The zero-order chi connectivity index (χ0) is 25.3. The summed E-state index contributed by atoms with van der Waals surface area (Å²) in [6.45, 7) is 3.65. The number of rotatable bonds is 4. The zero-order valence-corrected chi connectivity index (χ0v) is 20.8. The average Bonchev–Trinajstić information content (AvgIpc) is 3.15. The predicted octanol–water partition coefficient (Wildman–Crippen LogP) is 6.18. The molecular weight excluding hydrogens is 511 g/mol. The summed E-state index contributed by atoms with van der Waals surface area (Å²) in [6.07, 6.45) is 0. The van der Waals surface area contributed by atoms with Crippen molar-refractivity contribution in [3.8, 4) is 0 Å². The van der Waals surface area contributed by atoms with Gasteiger partial charge in [-0.1, -0.05) is 53.0 Å². The summed E-state index contributed by atoms with van der Waals surface area (Å²) in [5, 5.41) is 7.01. The maximum absolute atomic E-state index is 13.1. The maximum Gasteiger partial charge on any atom is 0.328 e. The standard InChI is InChI=1S/C25H19Cl3N4O3/c1-13-4-3-5-14(2)22(13)30-24(34)25(35)31-32-20-9-7-16(26)10-15(20)11-21(32)23(33)29-19-8-6-17(27)12-18(19)28/h3-12H,1-2H3,(H,29,33)(H,30,34)(H,31,35). The minimum Gasteiger partial charge on any atom is -0.319 e. The van der Waals surface area contributed by atoms with Crippen molar-refractivity contribution in [1.29, 1.82) is 0 Å². The van der Waals surface area contributed by atoms with Crippen molar-refractivity contribution in [3.63, 3.8) is 0 Å². The Morgan fingerprint density at radius 2 is 1.43 bits per heavy atom. The molecule has 10 heteroatoms. The summed E-state index contributed by atoms with van der Waals surface area (Å²) < 4.78 is 1.23. The number of anilines is 2. The van der Waals surface area contributed by atoms with Crippen LogP contribution in [0.15, 0.2) is 60.7 Å². The minimum absolute atomic E-state index is 0.0569. The fraction of sp³-hybridized carbons (Fsp3) is 0.0800. The van der Waals surface area contributed by atoms with Crippen molar-refractivity contribution < 1.29 is 14.4 Å². The lowest BCUT2D eigenvalue weighted by Crippen LogP contribution is -2.36. The first kappa shape index (κ1) is 24.6. The monoisotopic (exact) mass is 528 g/mol. The van der Waals surface area contributed by atoms with E-state index >= 15 is 0 Å². The Labute approximate surface area is 215 Å². The molecule has 1 heterocycles. The number of aryl methyl sites for hydroxylation is 2. The van der Waals surface area contributed by atoms with Crippen LogP contribution >= 0.6 is 34.8 Å². The second kappa shape index (κ2) is 10.00. The third-order valence-electron chi connectivity index (χ3n) is 5.31. The molecule has 35 heavy (non-hydrogen) atoms. The summed E-state index contributed by atoms with van der Waals surface area (Å²) in [7, 11) is 0. The molecule has 0 atom stereocenters. The quantitative estimate of drug-likeness (QED) is 0.276. The van der Waals surface area contributed by atoms with E-state index < -0.39 is 17.7 Å². The number of hydrogen-bond donors (Lipinski definition) is 3. The Morgan fingerprint density at radius 3 is 2.11 bits per heavy atom. The molecule has 0 fully saturated rings. The van der Waals surface area contributed by atoms with E-state index in [2.05, 4.69) is 16.1 Å². The van der Waals surface area contributed by atoms with Crippen molar-refractivity contribution in [2.45, 2.75) is 13.8 Å². The molecule has 1 aromatic heterocycles.